The van der Waals surface area contributed by atoms with Crippen LogP contribution in [0.5, 0.6) is 17.2 Å². The van der Waals surface area contributed by atoms with Gasteiger partial charge in [-0.25, -0.2) is 0 Å². The SMILES string of the molecule is CCOc1cc2occ(-c3cc(OC)ccc3OC)c2cc1/C(C)=C/C(=O)NCCCc1ccccc1. The molecule has 0 atom stereocenters. The van der Waals surface area contributed by atoms with Gasteiger partial charge in [0.2, 0.25) is 5.91 Å². The van der Waals surface area contributed by atoms with Crippen molar-refractivity contribution in [3.63, 3.8) is 0 Å². The molecule has 0 aliphatic carbocycles. The fourth-order valence-corrected chi connectivity index (χ4v) is 4.35. The molecule has 37 heavy (non-hydrogen) atoms. The summed E-state index contributed by atoms with van der Waals surface area (Å²) in [7, 11) is 3.27. The molecule has 0 aliphatic heterocycles. The number of methoxy groups -OCH3 is 2. The van der Waals surface area contributed by atoms with E-state index in [9.17, 15) is 4.79 Å². The van der Waals surface area contributed by atoms with Gasteiger partial charge in [-0.2, -0.15) is 0 Å². The van der Waals surface area contributed by atoms with Gasteiger partial charge < -0.3 is 23.9 Å². The summed E-state index contributed by atoms with van der Waals surface area (Å²) >= 11 is 0. The van der Waals surface area contributed by atoms with Crippen molar-refractivity contribution >= 4 is 22.4 Å². The highest BCUT2D eigenvalue weighted by molar-refractivity contribution is 6.01. The average molecular weight is 500 g/mol. The third-order valence-corrected chi connectivity index (χ3v) is 6.23. The van der Waals surface area contributed by atoms with E-state index >= 15 is 0 Å². The molecule has 0 spiro atoms. The number of ether oxygens (including phenoxy) is 3. The first kappa shape index (κ1) is 25.9. The van der Waals surface area contributed by atoms with E-state index in [0.29, 0.717) is 30.2 Å². The molecule has 1 aromatic heterocycles. The van der Waals surface area contributed by atoms with Gasteiger partial charge in [0.15, 0.2) is 0 Å². The van der Waals surface area contributed by atoms with Crippen LogP contribution in [0.4, 0.5) is 0 Å². The lowest BCUT2D eigenvalue weighted by Gasteiger charge is -2.13. The van der Waals surface area contributed by atoms with Gasteiger partial charge in [-0.1, -0.05) is 30.3 Å². The molecule has 192 valence electrons. The Hall–Kier alpha value is -4.19. The van der Waals surface area contributed by atoms with Gasteiger partial charge in [-0.15, -0.1) is 0 Å². The molecule has 0 bridgehead atoms. The summed E-state index contributed by atoms with van der Waals surface area (Å²) in [6.07, 6.45) is 5.13. The van der Waals surface area contributed by atoms with Crippen LogP contribution in [0.1, 0.15) is 31.4 Å². The molecular formula is C31H33NO5. The number of fused-ring (bicyclic) bond motifs is 1. The number of amides is 1. The summed E-state index contributed by atoms with van der Waals surface area (Å²) < 4.78 is 22.8. The maximum absolute atomic E-state index is 12.7. The fourth-order valence-electron chi connectivity index (χ4n) is 4.35. The van der Waals surface area contributed by atoms with Gasteiger partial charge in [-0.3, -0.25) is 4.79 Å². The average Bonchev–Trinajstić information content (AvgIpc) is 3.33. The normalized spacial score (nSPS) is 11.4. The number of furan rings is 1. The Kier molecular flexibility index (Phi) is 8.52. The van der Waals surface area contributed by atoms with Crippen molar-refractivity contribution in [2.24, 2.45) is 0 Å². The van der Waals surface area contributed by atoms with Crippen molar-refractivity contribution in [1.29, 1.82) is 0 Å². The Morgan fingerprint density at radius 3 is 2.51 bits per heavy atom. The van der Waals surface area contributed by atoms with E-state index in [-0.39, 0.29) is 5.91 Å². The number of carbonyl (C=O) groups excluding carboxylic acids is 1. The van der Waals surface area contributed by atoms with Gasteiger partial charge in [0.1, 0.15) is 22.8 Å². The second kappa shape index (κ2) is 12.2. The summed E-state index contributed by atoms with van der Waals surface area (Å²) in [5.41, 5.74) is 5.31. The number of hydrogen-bond acceptors (Lipinski definition) is 5. The molecule has 4 rings (SSSR count). The Balaban J connectivity index is 1.60. The lowest BCUT2D eigenvalue weighted by Crippen LogP contribution is -2.22. The van der Waals surface area contributed by atoms with E-state index in [1.807, 2.05) is 62.4 Å². The summed E-state index contributed by atoms with van der Waals surface area (Å²) in [5.74, 6) is 1.96. The number of hydrogen-bond donors (Lipinski definition) is 1. The molecule has 0 saturated heterocycles. The highest BCUT2D eigenvalue weighted by Crippen LogP contribution is 2.41. The van der Waals surface area contributed by atoms with E-state index in [1.165, 1.54) is 5.56 Å². The molecule has 0 aliphatic rings. The van der Waals surface area contributed by atoms with Crippen molar-refractivity contribution in [2.75, 3.05) is 27.4 Å². The van der Waals surface area contributed by atoms with Crippen LogP contribution >= 0.6 is 0 Å². The first-order valence-electron chi connectivity index (χ1n) is 12.4. The summed E-state index contributed by atoms with van der Waals surface area (Å²) in [4.78, 5) is 12.7. The zero-order valence-corrected chi connectivity index (χ0v) is 21.8. The topological polar surface area (TPSA) is 69.9 Å². The van der Waals surface area contributed by atoms with Gasteiger partial charge in [-0.05, 0) is 62.1 Å². The molecule has 6 heteroatoms. The first-order chi connectivity index (χ1) is 18.0. The Bertz CT molecular complexity index is 1390. The van der Waals surface area contributed by atoms with E-state index < -0.39 is 0 Å². The van der Waals surface area contributed by atoms with E-state index in [4.69, 9.17) is 18.6 Å². The lowest BCUT2D eigenvalue weighted by atomic mass is 9.98. The van der Waals surface area contributed by atoms with Crippen LogP contribution < -0.4 is 19.5 Å². The fraction of sp³-hybridized carbons (Fsp3) is 0.258. The number of aryl methyl sites for hydroxylation is 1. The van der Waals surface area contributed by atoms with Crippen LogP contribution in [0, 0.1) is 0 Å². The number of rotatable bonds is 11. The summed E-state index contributed by atoms with van der Waals surface area (Å²) in [6, 6.07) is 19.8. The zero-order chi connectivity index (χ0) is 26.2. The highest BCUT2D eigenvalue weighted by Gasteiger charge is 2.18. The number of carbonyl (C=O) groups is 1. The molecule has 4 aromatic rings. The van der Waals surface area contributed by atoms with E-state index in [2.05, 4.69) is 17.4 Å². The van der Waals surface area contributed by atoms with Crippen LogP contribution in [0.2, 0.25) is 0 Å². The number of allylic oxidation sites excluding steroid dienone is 1. The van der Waals surface area contributed by atoms with Crippen molar-refractivity contribution in [3.8, 4) is 28.4 Å². The minimum atomic E-state index is -0.130. The second-order valence-corrected chi connectivity index (χ2v) is 8.70. The minimum absolute atomic E-state index is 0.130. The molecule has 1 amide bonds. The monoisotopic (exact) mass is 499 g/mol. The zero-order valence-electron chi connectivity index (χ0n) is 21.8. The van der Waals surface area contributed by atoms with Crippen LogP contribution in [-0.4, -0.2) is 33.3 Å². The molecular weight excluding hydrogens is 466 g/mol. The maximum atomic E-state index is 12.7. The van der Waals surface area contributed by atoms with Gasteiger partial charge >= 0.3 is 0 Å². The maximum Gasteiger partial charge on any atom is 0.244 e. The molecule has 0 unspecified atom stereocenters. The van der Waals surface area contributed by atoms with Crippen LogP contribution in [0.15, 0.2) is 77.4 Å². The second-order valence-electron chi connectivity index (χ2n) is 8.70. The van der Waals surface area contributed by atoms with Crippen LogP contribution in [0.25, 0.3) is 27.7 Å². The van der Waals surface area contributed by atoms with Gasteiger partial charge in [0.25, 0.3) is 0 Å². The number of benzene rings is 3. The number of nitrogens with one attached hydrogen (secondary N) is 1. The molecule has 3 aromatic carbocycles. The standard InChI is InChI=1S/C31H33NO5/c1-5-36-29-19-30-26(27(20-37-30)25-17-23(34-3)13-14-28(25)35-4)18-24(29)21(2)16-31(33)32-15-9-12-22-10-7-6-8-11-22/h6-8,10-11,13-14,16-20H,5,9,12,15H2,1-4H3,(H,32,33)/b21-16+. The minimum Gasteiger partial charge on any atom is -0.497 e. The molecule has 0 radical (unpaired) electrons. The third-order valence-electron chi connectivity index (χ3n) is 6.23. The molecule has 0 saturated carbocycles. The van der Waals surface area contributed by atoms with E-state index in [0.717, 1.165) is 46.2 Å². The smallest absolute Gasteiger partial charge is 0.244 e. The largest absolute Gasteiger partial charge is 0.497 e. The Morgan fingerprint density at radius 1 is 0.973 bits per heavy atom. The van der Waals surface area contributed by atoms with Crippen molar-refractivity contribution in [1.82, 2.24) is 5.32 Å². The molecule has 1 heterocycles. The quantitative estimate of drug-likeness (QED) is 0.184. The predicted molar refractivity (Wildman–Crippen MR) is 147 cm³/mol. The van der Waals surface area contributed by atoms with Crippen molar-refractivity contribution < 1.29 is 23.4 Å². The van der Waals surface area contributed by atoms with E-state index in [1.54, 1.807) is 26.6 Å². The Labute approximate surface area is 217 Å². The van der Waals surface area contributed by atoms with Crippen molar-refractivity contribution in [2.45, 2.75) is 26.7 Å². The Morgan fingerprint density at radius 2 is 1.78 bits per heavy atom. The van der Waals surface area contributed by atoms with Gasteiger partial charge in [0.05, 0.1) is 27.1 Å². The van der Waals surface area contributed by atoms with Gasteiger partial charge in [0, 0.05) is 40.8 Å². The predicted octanol–water partition coefficient (Wildman–Crippen LogP) is 6.67. The van der Waals surface area contributed by atoms with Crippen molar-refractivity contribution in [3.05, 3.63) is 84.1 Å². The summed E-state index contributed by atoms with van der Waals surface area (Å²) in [6.45, 7) is 4.95. The molecule has 1 N–H and O–H groups in total. The van der Waals surface area contributed by atoms with Crippen LogP contribution in [0.3, 0.4) is 0 Å². The first-order valence-corrected chi connectivity index (χ1v) is 12.4. The lowest BCUT2D eigenvalue weighted by molar-refractivity contribution is -0.116. The third kappa shape index (κ3) is 6.15. The van der Waals surface area contributed by atoms with Crippen LogP contribution in [-0.2, 0) is 11.2 Å². The molecule has 0 fully saturated rings. The highest BCUT2D eigenvalue weighted by atomic mass is 16.5. The molecule has 6 nitrogen and oxygen atoms in total. The summed E-state index contributed by atoms with van der Waals surface area (Å²) in [5, 5.41) is 3.89.